The standard InChI is InChI=1S/C11H11ClS2/c1-2-8-10-7(6-12)4-3-5-9(10)14-11(8)13/h3-5,13H,2,6H2,1H3. The van der Waals surface area contributed by atoms with Crippen LogP contribution < -0.4 is 0 Å². The lowest BCUT2D eigenvalue weighted by atomic mass is 10.1. The summed E-state index contributed by atoms with van der Waals surface area (Å²) >= 11 is 12.2. The van der Waals surface area contributed by atoms with Gasteiger partial charge in [0.25, 0.3) is 0 Å². The Hall–Kier alpha value is -0.180. The van der Waals surface area contributed by atoms with E-state index in [0.29, 0.717) is 5.88 Å². The first-order chi connectivity index (χ1) is 6.77. The smallest absolute Gasteiger partial charge is 0.0612 e. The van der Waals surface area contributed by atoms with Gasteiger partial charge < -0.3 is 0 Å². The Morgan fingerprint density at radius 3 is 2.86 bits per heavy atom. The van der Waals surface area contributed by atoms with Crippen LogP contribution in [0.5, 0.6) is 0 Å². The molecule has 0 saturated carbocycles. The minimum Gasteiger partial charge on any atom is -0.133 e. The highest BCUT2D eigenvalue weighted by molar-refractivity contribution is 7.83. The van der Waals surface area contributed by atoms with E-state index in [2.05, 4.69) is 37.8 Å². The number of thiol groups is 1. The fourth-order valence-electron chi connectivity index (χ4n) is 1.72. The van der Waals surface area contributed by atoms with Gasteiger partial charge in [0.15, 0.2) is 0 Å². The summed E-state index contributed by atoms with van der Waals surface area (Å²) in [6.07, 6.45) is 1.02. The van der Waals surface area contributed by atoms with Crippen LogP contribution in [0.1, 0.15) is 18.1 Å². The van der Waals surface area contributed by atoms with Gasteiger partial charge in [-0.1, -0.05) is 19.1 Å². The molecule has 0 bridgehead atoms. The molecule has 2 rings (SSSR count). The molecule has 14 heavy (non-hydrogen) atoms. The van der Waals surface area contributed by atoms with Gasteiger partial charge in [-0.15, -0.1) is 35.6 Å². The molecule has 0 amide bonds. The largest absolute Gasteiger partial charge is 0.133 e. The molecule has 0 aliphatic rings. The maximum Gasteiger partial charge on any atom is 0.0612 e. The molecule has 0 aliphatic heterocycles. The van der Waals surface area contributed by atoms with Crippen molar-refractivity contribution >= 4 is 45.7 Å². The molecule has 0 spiro atoms. The van der Waals surface area contributed by atoms with Crippen LogP contribution in [0.25, 0.3) is 10.1 Å². The SMILES string of the molecule is CCc1c(S)sc2cccc(CCl)c12. The number of alkyl halides is 1. The molecule has 0 aliphatic carbocycles. The maximum atomic E-state index is 5.92. The van der Waals surface area contributed by atoms with Crippen LogP contribution in [0.4, 0.5) is 0 Å². The number of hydrogen-bond acceptors (Lipinski definition) is 2. The van der Waals surface area contributed by atoms with Crippen molar-refractivity contribution in [2.75, 3.05) is 0 Å². The second-order valence-corrected chi connectivity index (χ2v) is 5.23. The second kappa shape index (κ2) is 4.13. The highest BCUT2D eigenvalue weighted by atomic mass is 35.5. The van der Waals surface area contributed by atoms with E-state index < -0.39 is 0 Å². The number of thiophene rings is 1. The first kappa shape index (κ1) is 10.3. The fraction of sp³-hybridized carbons (Fsp3) is 0.273. The Bertz CT molecular complexity index is 460. The minimum atomic E-state index is 0.578. The van der Waals surface area contributed by atoms with Gasteiger partial charge in [-0.3, -0.25) is 0 Å². The Labute approximate surface area is 98.3 Å². The lowest BCUT2D eigenvalue weighted by molar-refractivity contribution is 1.13. The van der Waals surface area contributed by atoms with Crippen molar-refractivity contribution in [1.29, 1.82) is 0 Å². The number of aryl methyl sites for hydroxylation is 1. The Morgan fingerprint density at radius 2 is 2.21 bits per heavy atom. The molecule has 1 aromatic carbocycles. The maximum absolute atomic E-state index is 5.92. The van der Waals surface area contributed by atoms with E-state index in [1.165, 1.54) is 21.2 Å². The lowest BCUT2D eigenvalue weighted by Crippen LogP contribution is -1.83. The first-order valence-electron chi connectivity index (χ1n) is 4.56. The molecule has 0 atom stereocenters. The normalized spacial score (nSPS) is 11.1. The Kier molecular flexibility index (Phi) is 3.05. The summed E-state index contributed by atoms with van der Waals surface area (Å²) in [6, 6.07) is 6.28. The molecule has 0 fully saturated rings. The molecule has 0 N–H and O–H groups in total. The lowest BCUT2D eigenvalue weighted by Gasteiger charge is -2.01. The molecule has 3 heteroatoms. The highest BCUT2D eigenvalue weighted by Crippen LogP contribution is 2.36. The van der Waals surface area contributed by atoms with Crippen LogP contribution in [0, 0.1) is 0 Å². The van der Waals surface area contributed by atoms with Gasteiger partial charge in [0.2, 0.25) is 0 Å². The molecule has 2 aromatic rings. The van der Waals surface area contributed by atoms with Crippen molar-refractivity contribution in [3.05, 3.63) is 29.3 Å². The van der Waals surface area contributed by atoms with E-state index >= 15 is 0 Å². The molecule has 0 nitrogen and oxygen atoms in total. The molecule has 0 unspecified atom stereocenters. The average molecular weight is 243 g/mol. The second-order valence-electron chi connectivity index (χ2n) is 3.16. The number of benzene rings is 1. The van der Waals surface area contributed by atoms with Gasteiger partial charge in [0.1, 0.15) is 0 Å². The minimum absolute atomic E-state index is 0.578. The van der Waals surface area contributed by atoms with E-state index in [-0.39, 0.29) is 0 Å². The molecule has 1 aromatic heterocycles. The zero-order valence-corrected chi connectivity index (χ0v) is 10.3. The summed E-state index contributed by atoms with van der Waals surface area (Å²) in [5.41, 5.74) is 2.56. The van der Waals surface area contributed by atoms with Gasteiger partial charge in [-0.05, 0) is 23.6 Å². The van der Waals surface area contributed by atoms with Gasteiger partial charge >= 0.3 is 0 Å². The summed E-state index contributed by atoms with van der Waals surface area (Å²) in [7, 11) is 0. The summed E-state index contributed by atoms with van der Waals surface area (Å²) in [4.78, 5) is 0. The third-order valence-corrected chi connectivity index (χ3v) is 4.21. The summed E-state index contributed by atoms with van der Waals surface area (Å²) in [5, 5.41) is 1.32. The third kappa shape index (κ3) is 1.56. The van der Waals surface area contributed by atoms with Gasteiger partial charge in [0, 0.05) is 16.0 Å². The number of halogens is 1. The molecule has 0 saturated heterocycles. The van der Waals surface area contributed by atoms with Crippen molar-refractivity contribution < 1.29 is 0 Å². The number of rotatable bonds is 2. The summed E-state index contributed by atoms with van der Waals surface area (Å²) < 4.78 is 2.42. The molecule has 0 radical (unpaired) electrons. The van der Waals surface area contributed by atoms with Crippen LogP contribution in [0.2, 0.25) is 0 Å². The van der Waals surface area contributed by atoms with E-state index in [0.717, 1.165) is 10.6 Å². The summed E-state index contributed by atoms with van der Waals surface area (Å²) in [6.45, 7) is 2.16. The van der Waals surface area contributed by atoms with Crippen molar-refractivity contribution in [2.45, 2.75) is 23.4 Å². The number of fused-ring (bicyclic) bond motifs is 1. The highest BCUT2D eigenvalue weighted by Gasteiger charge is 2.10. The monoisotopic (exact) mass is 242 g/mol. The topological polar surface area (TPSA) is 0 Å². The van der Waals surface area contributed by atoms with Gasteiger partial charge in [-0.2, -0.15) is 0 Å². The molecular weight excluding hydrogens is 232 g/mol. The van der Waals surface area contributed by atoms with Crippen molar-refractivity contribution in [2.24, 2.45) is 0 Å². The first-order valence-corrected chi connectivity index (χ1v) is 6.36. The van der Waals surface area contributed by atoms with E-state index in [1.807, 2.05) is 0 Å². The third-order valence-electron chi connectivity index (χ3n) is 2.38. The zero-order chi connectivity index (χ0) is 10.1. The molecular formula is C11H11ClS2. The summed E-state index contributed by atoms with van der Waals surface area (Å²) in [5.74, 6) is 0.578. The van der Waals surface area contributed by atoms with Crippen LogP contribution in [-0.4, -0.2) is 0 Å². The molecule has 1 heterocycles. The van der Waals surface area contributed by atoms with Crippen LogP contribution in [0.3, 0.4) is 0 Å². The Morgan fingerprint density at radius 1 is 1.43 bits per heavy atom. The fourth-order valence-corrected chi connectivity index (χ4v) is 3.58. The number of hydrogen-bond donors (Lipinski definition) is 1. The zero-order valence-electron chi connectivity index (χ0n) is 7.88. The van der Waals surface area contributed by atoms with Crippen LogP contribution in [0.15, 0.2) is 22.4 Å². The van der Waals surface area contributed by atoms with Crippen LogP contribution in [-0.2, 0) is 12.3 Å². The quantitative estimate of drug-likeness (QED) is 0.582. The van der Waals surface area contributed by atoms with E-state index in [1.54, 1.807) is 11.3 Å². The van der Waals surface area contributed by atoms with Crippen LogP contribution >= 0.6 is 35.6 Å². The Balaban J connectivity index is 2.82. The van der Waals surface area contributed by atoms with Gasteiger partial charge in [0.05, 0.1) is 4.21 Å². The predicted molar refractivity (Wildman–Crippen MR) is 68.0 cm³/mol. The predicted octanol–water partition coefficient (Wildman–Crippen LogP) is 4.49. The van der Waals surface area contributed by atoms with Crippen molar-refractivity contribution in [3.8, 4) is 0 Å². The van der Waals surface area contributed by atoms with Gasteiger partial charge in [-0.25, -0.2) is 0 Å². The average Bonchev–Trinajstić information content (AvgIpc) is 2.52. The van der Waals surface area contributed by atoms with E-state index in [9.17, 15) is 0 Å². The van der Waals surface area contributed by atoms with Crippen molar-refractivity contribution in [1.82, 2.24) is 0 Å². The van der Waals surface area contributed by atoms with E-state index in [4.69, 9.17) is 11.6 Å². The van der Waals surface area contributed by atoms with Crippen molar-refractivity contribution in [3.63, 3.8) is 0 Å². The molecule has 74 valence electrons.